The summed E-state index contributed by atoms with van der Waals surface area (Å²) in [5, 5.41) is 19.7. The zero-order chi connectivity index (χ0) is 22.3. The number of alkyl carbamates (subject to hydrolysis) is 1. The second-order valence-corrected chi connectivity index (χ2v) is 9.26. The van der Waals surface area contributed by atoms with E-state index in [1.165, 1.54) is 0 Å². The van der Waals surface area contributed by atoms with E-state index in [2.05, 4.69) is 38.9 Å². The third-order valence-electron chi connectivity index (χ3n) is 6.58. The number of H-pyrrole nitrogens is 1. The van der Waals surface area contributed by atoms with Gasteiger partial charge < -0.3 is 20.1 Å². The molecule has 0 aliphatic heterocycles. The summed E-state index contributed by atoms with van der Waals surface area (Å²) in [5.74, 6) is 1.05. The summed E-state index contributed by atoms with van der Waals surface area (Å²) < 4.78 is 12.8. The minimum Gasteiger partial charge on any atom is -0.446 e. The first-order valence-corrected chi connectivity index (χ1v) is 11.2. The van der Waals surface area contributed by atoms with Crippen LogP contribution in [0.25, 0.3) is 10.9 Å². The van der Waals surface area contributed by atoms with Crippen LogP contribution in [0.15, 0.2) is 24.3 Å². The van der Waals surface area contributed by atoms with Crippen LogP contribution in [0.4, 0.5) is 16.3 Å². The lowest BCUT2D eigenvalue weighted by atomic mass is 10.0. The lowest BCUT2D eigenvalue weighted by molar-refractivity contribution is 0.0967. The number of ether oxygens (including phenoxy) is 2. The summed E-state index contributed by atoms with van der Waals surface area (Å²) >= 11 is 0. The molecule has 0 radical (unpaired) electrons. The average Bonchev–Trinajstić information content (AvgIpc) is 3.13. The number of carbonyl (C=O) groups is 1. The quantitative estimate of drug-likeness (QED) is 0.513. The van der Waals surface area contributed by atoms with Crippen molar-refractivity contribution in [3.05, 3.63) is 35.7 Å². The fourth-order valence-corrected chi connectivity index (χ4v) is 4.57. The molecule has 32 heavy (non-hydrogen) atoms. The van der Waals surface area contributed by atoms with E-state index in [1.54, 1.807) is 7.11 Å². The summed E-state index contributed by atoms with van der Waals surface area (Å²) in [6.07, 6.45) is 4.36. The maximum atomic E-state index is 12.1. The summed E-state index contributed by atoms with van der Waals surface area (Å²) in [7, 11) is 3.60. The van der Waals surface area contributed by atoms with Crippen LogP contribution < -0.4 is 10.6 Å². The molecule has 2 aromatic heterocycles. The van der Waals surface area contributed by atoms with Crippen molar-refractivity contribution in [1.29, 1.82) is 0 Å². The van der Waals surface area contributed by atoms with Crippen molar-refractivity contribution in [2.45, 2.75) is 63.2 Å². The molecular formula is C23H30N6O3. The number of anilines is 2. The van der Waals surface area contributed by atoms with E-state index in [0.29, 0.717) is 12.5 Å². The topological polar surface area (TPSA) is 106 Å². The van der Waals surface area contributed by atoms with Crippen LogP contribution in [0, 0.1) is 0 Å². The Labute approximate surface area is 186 Å². The number of nitrogens with one attached hydrogen (secondary N) is 3. The van der Waals surface area contributed by atoms with Gasteiger partial charge in [-0.25, -0.2) is 4.79 Å². The zero-order valence-corrected chi connectivity index (χ0v) is 18.8. The molecule has 2 atom stereocenters. The highest BCUT2D eigenvalue weighted by molar-refractivity contribution is 5.94. The molecule has 9 nitrogen and oxygen atoms in total. The maximum Gasteiger partial charge on any atom is 0.407 e. The van der Waals surface area contributed by atoms with Gasteiger partial charge in [0.2, 0.25) is 0 Å². The second-order valence-electron chi connectivity index (χ2n) is 9.26. The van der Waals surface area contributed by atoms with Gasteiger partial charge in [0.1, 0.15) is 6.10 Å². The number of hydrogen-bond donors (Lipinski definition) is 3. The van der Waals surface area contributed by atoms with Crippen LogP contribution in [-0.2, 0) is 23.1 Å². The largest absolute Gasteiger partial charge is 0.446 e. The Morgan fingerprint density at radius 3 is 2.97 bits per heavy atom. The number of methoxy groups -OCH3 is 1. The highest BCUT2D eigenvalue weighted by atomic mass is 16.6. The third-order valence-corrected chi connectivity index (χ3v) is 6.58. The fourth-order valence-electron chi connectivity index (χ4n) is 4.57. The molecular weight excluding hydrogens is 408 g/mol. The Hall–Kier alpha value is -3.07. The monoisotopic (exact) mass is 438 g/mol. The van der Waals surface area contributed by atoms with Crippen molar-refractivity contribution >= 4 is 28.5 Å². The molecule has 3 N–H and O–H groups in total. The first-order chi connectivity index (χ1) is 15.4. The molecule has 0 unspecified atom stereocenters. The van der Waals surface area contributed by atoms with Gasteiger partial charge in [-0.05, 0) is 45.1 Å². The molecule has 2 saturated carbocycles. The van der Waals surface area contributed by atoms with Crippen molar-refractivity contribution < 1.29 is 14.3 Å². The number of aromatic amines is 1. The van der Waals surface area contributed by atoms with Gasteiger partial charge in [-0.15, -0.1) is 0 Å². The first-order valence-electron chi connectivity index (χ1n) is 11.2. The highest BCUT2D eigenvalue weighted by Gasteiger charge is 2.40. The molecule has 3 aromatic rings. The van der Waals surface area contributed by atoms with Crippen molar-refractivity contribution in [3.63, 3.8) is 0 Å². The molecule has 1 amide bonds. The minimum atomic E-state index is -0.292. The zero-order valence-electron chi connectivity index (χ0n) is 18.8. The summed E-state index contributed by atoms with van der Waals surface area (Å²) in [5.41, 5.74) is 3.86. The standard InChI is InChI=1S/C23H30N6O3/c1-23(9-10-23)25-22(30)32-15-8-7-14(11-15)18-12-20(27-26-18)24-17-6-4-5-16-19(13-31-3)28-29(2)21(16)17/h4-6,12,14-15H,7-11,13H2,1-3H3,(H,25,30)(H2,24,26,27)/t14-,15+/m0/s1. The van der Waals surface area contributed by atoms with E-state index < -0.39 is 0 Å². The van der Waals surface area contributed by atoms with E-state index in [9.17, 15) is 4.79 Å². The normalized spacial score (nSPS) is 21.6. The lowest BCUT2D eigenvalue weighted by Crippen LogP contribution is -2.36. The summed E-state index contributed by atoms with van der Waals surface area (Å²) in [6.45, 7) is 2.52. The predicted octanol–water partition coefficient (Wildman–Crippen LogP) is 4.10. The van der Waals surface area contributed by atoms with Gasteiger partial charge in [0.15, 0.2) is 5.82 Å². The van der Waals surface area contributed by atoms with Crippen LogP contribution in [-0.4, -0.2) is 44.8 Å². The van der Waals surface area contributed by atoms with E-state index in [0.717, 1.165) is 65.9 Å². The molecule has 170 valence electrons. The number of aromatic nitrogens is 4. The van der Waals surface area contributed by atoms with Gasteiger partial charge in [-0.3, -0.25) is 9.78 Å². The van der Waals surface area contributed by atoms with Crippen LogP contribution in [0.5, 0.6) is 0 Å². The van der Waals surface area contributed by atoms with E-state index in [4.69, 9.17) is 9.47 Å². The van der Waals surface area contributed by atoms with Crippen molar-refractivity contribution in [2.75, 3.05) is 12.4 Å². The predicted molar refractivity (Wildman–Crippen MR) is 121 cm³/mol. The number of amides is 1. The van der Waals surface area contributed by atoms with Gasteiger partial charge in [0.05, 0.1) is 23.5 Å². The fraction of sp³-hybridized carbons (Fsp3) is 0.522. The van der Waals surface area contributed by atoms with E-state index in [-0.39, 0.29) is 17.7 Å². The molecule has 2 heterocycles. The van der Waals surface area contributed by atoms with E-state index in [1.807, 2.05) is 29.9 Å². The second kappa shape index (κ2) is 8.12. The molecule has 9 heteroatoms. The molecule has 0 saturated heterocycles. The highest BCUT2D eigenvalue weighted by Crippen LogP contribution is 2.38. The number of aryl methyl sites for hydroxylation is 1. The SMILES string of the molecule is COCc1nn(C)c2c(Nc3cc([C@H]4CC[C@@H](OC(=O)NC5(C)CC5)C4)[nH]n3)cccc12. The molecule has 0 spiro atoms. The molecule has 2 aliphatic rings. The number of carbonyl (C=O) groups excluding carboxylic acids is 1. The third kappa shape index (κ3) is 4.17. The molecule has 2 aliphatic carbocycles. The molecule has 1 aromatic carbocycles. The number of hydrogen-bond acceptors (Lipinski definition) is 6. The number of benzene rings is 1. The van der Waals surface area contributed by atoms with Gasteiger partial charge in [0, 0.05) is 42.8 Å². The first kappa shape index (κ1) is 20.8. The van der Waals surface area contributed by atoms with Crippen molar-refractivity contribution in [2.24, 2.45) is 7.05 Å². The Morgan fingerprint density at radius 1 is 1.34 bits per heavy atom. The number of para-hydroxylation sites is 1. The van der Waals surface area contributed by atoms with Crippen LogP contribution >= 0.6 is 0 Å². The van der Waals surface area contributed by atoms with E-state index >= 15 is 0 Å². The van der Waals surface area contributed by atoms with Crippen molar-refractivity contribution in [3.8, 4) is 0 Å². The van der Waals surface area contributed by atoms with Gasteiger partial charge in [0.25, 0.3) is 0 Å². The van der Waals surface area contributed by atoms with Gasteiger partial charge in [-0.2, -0.15) is 10.2 Å². The average molecular weight is 439 g/mol. The Morgan fingerprint density at radius 2 is 2.19 bits per heavy atom. The Kier molecular flexibility index (Phi) is 5.28. The smallest absolute Gasteiger partial charge is 0.407 e. The molecule has 2 fully saturated rings. The van der Waals surface area contributed by atoms with Gasteiger partial charge >= 0.3 is 6.09 Å². The Balaban J connectivity index is 1.24. The Bertz CT molecular complexity index is 1130. The maximum absolute atomic E-state index is 12.1. The van der Waals surface area contributed by atoms with Crippen LogP contribution in [0.2, 0.25) is 0 Å². The lowest BCUT2D eigenvalue weighted by Gasteiger charge is -2.16. The summed E-state index contributed by atoms with van der Waals surface area (Å²) in [6, 6.07) is 8.12. The van der Waals surface area contributed by atoms with Gasteiger partial charge in [-0.1, -0.05) is 12.1 Å². The number of fused-ring (bicyclic) bond motifs is 1. The van der Waals surface area contributed by atoms with Crippen molar-refractivity contribution in [1.82, 2.24) is 25.3 Å². The number of rotatable bonds is 7. The van der Waals surface area contributed by atoms with Crippen LogP contribution in [0.1, 0.15) is 56.3 Å². The molecule has 0 bridgehead atoms. The minimum absolute atomic E-state index is 0.0514. The van der Waals surface area contributed by atoms with Crippen LogP contribution in [0.3, 0.4) is 0 Å². The number of nitrogens with zero attached hydrogens (tertiary/aromatic N) is 3. The molecule has 5 rings (SSSR count). The summed E-state index contributed by atoms with van der Waals surface area (Å²) in [4.78, 5) is 12.1.